The molecule has 0 radical (unpaired) electrons. The van der Waals surface area contributed by atoms with Gasteiger partial charge in [-0.05, 0) is 36.4 Å². The van der Waals surface area contributed by atoms with Crippen molar-refractivity contribution in [3.05, 3.63) is 103 Å². The van der Waals surface area contributed by atoms with Gasteiger partial charge in [0.15, 0.2) is 0 Å². The standard InChI is InChI=1S/C20H12N4O6/c25-20-16-6-1-2-7-17(16)21-18(10-8-15-9-11-19(30-15)24(28)29)22(20)13-4-3-5-14(12-13)23(26)27/h1-12H/b10-8+. The quantitative estimate of drug-likeness (QED) is 0.363. The number of fused-ring (bicyclic) bond motifs is 1. The Bertz CT molecular complexity index is 1390. The molecule has 0 unspecified atom stereocenters. The van der Waals surface area contributed by atoms with E-state index in [1.807, 2.05) is 0 Å². The van der Waals surface area contributed by atoms with Gasteiger partial charge in [0.25, 0.3) is 11.2 Å². The van der Waals surface area contributed by atoms with Crippen LogP contribution in [0.3, 0.4) is 0 Å². The van der Waals surface area contributed by atoms with Crippen molar-refractivity contribution in [3.8, 4) is 5.69 Å². The summed E-state index contributed by atoms with van der Waals surface area (Å²) in [6, 6.07) is 14.9. The highest BCUT2D eigenvalue weighted by Gasteiger charge is 2.15. The Morgan fingerprint density at radius 1 is 0.933 bits per heavy atom. The number of para-hydroxylation sites is 1. The van der Waals surface area contributed by atoms with Gasteiger partial charge in [0.05, 0.1) is 27.6 Å². The van der Waals surface area contributed by atoms with Crippen molar-refractivity contribution >= 4 is 34.6 Å². The number of hydrogen-bond acceptors (Lipinski definition) is 7. The van der Waals surface area contributed by atoms with Gasteiger partial charge >= 0.3 is 5.88 Å². The van der Waals surface area contributed by atoms with Gasteiger partial charge in [0.1, 0.15) is 16.5 Å². The molecule has 0 aliphatic heterocycles. The molecule has 0 fully saturated rings. The fourth-order valence-corrected chi connectivity index (χ4v) is 2.94. The molecule has 2 aromatic carbocycles. The summed E-state index contributed by atoms with van der Waals surface area (Å²) >= 11 is 0. The number of non-ortho nitro benzene ring substituents is 1. The largest absolute Gasteiger partial charge is 0.433 e. The van der Waals surface area contributed by atoms with E-state index < -0.39 is 21.3 Å². The van der Waals surface area contributed by atoms with Crippen molar-refractivity contribution in [3.63, 3.8) is 0 Å². The number of rotatable bonds is 5. The molecule has 30 heavy (non-hydrogen) atoms. The van der Waals surface area contributed by atoms with E-state index >= 15 is 0 Å². The maximum atomic E-state index is 13.1. The minimum absolute atomic E-state index is 0.177. The van der Waals surface area contributed by atoms with Crippen molar-refractivity contribution in [2.75, 3.05) is 0 Å². The van der Waals surface area contributed by atoms with Crippen LogP contribution < -0.4 is 5.56 Å². The fourth-order valence-electron chi connectivity index (χ4n) is 2.94. The molecule has 0 N–H and O–H groups in total. The van der Waals surface area contributed by atoms with Crippen LogP contribution in [0.15, 0.2) is 69.9 Å². The number of aromatic nitrogens is 2. The van der Waals surface area contributed by atoms with Crippen molar-refractivity contribution in [1.29, 1.82) is 0 Å². The molecule has 10 heteroatoms. The number of benzene rings is 2. The molecule has 10 nitrogen and oxygen atoms in total. The highest BCUT2D eigenvalue weighted by Crippen LogP contribution is 2.21. The average Bonchev–Trinajstić information content (AvgIpc) is 3.22. The number of nitro benzene ring substituents is 1. The van der Waals surface area contributed by atoms with Gasteiger partial charge < -0.3 is 4.42 Å². The Morgan fingerprint density at radius 3 is 2.47 bits per heavy atom. The van der Waals surface area contributed by atoms with E-state index in [2.05, 4.69) is 4.98 Å². The Labute approximate surface area is 167 Å². The molecule has 148 valence electrons. The van der Waals surface area contributed by atoms with Crippen LogP contribution in [0.5, 0.6) is 0 Å². The van der Waals surface area contributed by atoms with Crippen molar-refractivity contribution in [2.45, 2.75) is 0 Å². The molecule has 0 saturated carbocycles. The van der Waals surface area contributed by atoms with Crippen LogP contribution in [0.4, 0.5) is 11.6 Å². The van der Waals surface area contributed by atoms with Gasteiger partial charge in [0, 0.05) is 12.1 Å². The minimum atomic E-state index is -0.662. The predicted octanol–water partition coefficient (Wildman–Crippen LogP) is 3.97. The molecule has 4 aromatic rings. The lowest BCUT2D eigenvalue weighted by Crippen LogP contribution is -2.22. The second kappa shape index (κ2) is 7.43. The second-order valence-corrected chi connectivity index (χ2v) is 6.17. The van der Waals surface area contributed by atoms with E-state index in [4.69, 9.17) is 4.42 Å². The minimum Gasteiger partial charge on any atom is -0.401 e. The molecule has 2 aromatic heterocycles. The molecule has 0 bridgehead atoms. The Kier molecular flexibility index (Phi) is 4.64. The Hall–Kier alpha value is -4.60. The Morgan fingerprint density at radius 2 is 1.73 bits per heavy atom. The first-order valence-corrected chi connectivity index (χ1v) is 8.63. The lowest BCUT2D eigenvalue weighted by molar-refractivity contribution is -0.402. The fraction of sp³-hybridized carbons (Fsp3) is 0. The number of nitro groups is 2. The number of furan rings is 1. The van der Waals surface area contributed by atoms with E-state index in [-0.39, 0.29) is 23.0 Å². The van der Waals surface area contributed by atoms with Crippen molar-refractivity contribution in [1.82, 2.24) is 9.55 Å². The first-order chi connectivity index (χ1) is 14.4. The maximum Gasteiger partial charge on any atom is 0.433 e. The first kappa shape index (κ1) is 18.7. The summed E-state index contributed by atoms with van der Waals surface area (Å²) in [6.07, 6.45) is 2.88. The van der Waals surface area contributed by atoms with Gasteiger partial charge in [-0.2, -0.15) is 0 Å². The third-order valence-electron chi connectivity index (χ3n) is 4.29. The van der Waals surface area contributed by atoms with E-state index in [1.54, 1.807) is 30.3 Å². The molecule has 0 spiro atoms. The van der Waals surface area contributed by atoms with Gasteiger partial charge in [-0.3, -0.25) is 29.6 Å². The normalized spacial score (nSPS) is 11.2. The van der Waals surface area contributed by atoms with Crippen LogP contribution in [0.25, 0.3) is 28.7 Å². The summed E-state index contributed by atoms with van der Waals surface area (Å²) in [5.41, 5.74) is 0.113. The summed E-state index contributed by atoms with van der Waals surface area (Å²) in [6.45, 7) is 0. The summed E-state index contributed by atoms with van der Waals surface area (Å²) in [4.78, 5) is 38.3. The maximum absolute atomic E-state index is 13.1. The average molecular weight is 404 g/mol. The summed E-state index contributed by atoms with van der Waals surface area (Å²) in [5, 5.41) is 22.3. The van der Waals surface area contributed by atoms with Crippen LogP contribution >= 0.6 is 0 Å². The van der Waals surface area contributed by atoms with E-state index in [0.29, 0.717) is 10.9 Å². The molecule has 2 heterocycles. The second-order valence-electron chi connectivity index (χ2n) is 6.17. The van der Waals surface area contributed by atoms with Gasteiger partial charge in [-0.25, -0.2) is 4.98 Å². The van der Waals surface area contributed by atoms with Crippen molar-refractivity contribution in [2.24, 2.45) is 0 Å². The summed E-state index contributed by atoms with van der Waals surface area (Å²) in [5.74, 6) is -0.0508. The molecular weight excluding hydrogens is 392 g/mol. The topological polar surface area (TPSA) is 134 Å². The van der Waals surface area contributed by atoms with Crippen molar-refractivity contribution < 1.29 is 14.3 Å². The van der Waals surface area contributed by atoms with Gasteiger partial charge in [-0.1, -0.05) is 18.2 Å². The van der Waals surface area contributed by atoms with Gasteiger partial charge in [-0.15, -0.1) is 0 Å². The van der Waals surface area contributed by atoms with Crippen LogP contribution in [0.1, 0.15) is 11.6 Å². The lowest BCUT2D eigenvalue weighted by atomic mass is 10.2. The van der Waals surface area contributed by atoms with Crippen LogP contribution in [0.2, 0.25) is 0 Å². The molecule has 0 amide bonds. The first-order valence-electron chi connectivity index (χ1n) is 8.63. The zero-order chi connectivity index (χ0) is 21.3. The van der Waals surface area contributed by atoms with Crippen LogP contribution in [0, 0.1) is 20.2 Å². The monoisotopic (exact) mass is 404 g/mol. The van der Waals surface area contributed by atoms with E-state index in [0.717, 1.165) is 0 Å². The van der Waals surface area contributed by atoms with Crippen LogP contribution in [-0.4, -0.2) is 19.4 Å². The third kappa shape index (κ3) is 3.44. The van der Waals surface area contributed by atoms with Gasteiger partial charge in [0.2, 0.25) is 0 Å². The highest BCUT2D eigenvalue weighted by molar-refractivity contribution is 5.80. The lowest BCUT2D eigenvalue weighted by Gasteiger charge is -2.11. The molecular formula is C20H12N4O6. The molecule has 0 atom stereocenters. The molecule has 0 aliphatic rings. The zero-order valence-corrected chi connectivity index (χ0v) is 15.2. The highest BCUT2D eigenvalue weighted by atomic mass is 16.6. The SMILES string of the molecule is O=c1c2ccccc2nc(/C=C/c2ccc([N+](=O)[O-])o2)n1-c1cccc([N+](=O)[O-])c1. The van der Waals surface area contributed by atoms with E-state index in [1.165, 1.54) is 47.1 Å². The summed E-state index contributed by atoms with van der Waals surface area (Å²) in [7, 11) is 0. The third-order valence-corrected chi connectivity index (χ3v) is 4.29. The summed E-state index contributed by atoms with van der Waals surface area (Å²) < 4.78 is 6.33. The zero-order valence-electron chi connectivity index (χ0n) is 15.2. The predicted molar refractivity (Wildman–Crippen MR) is 108 cm³/mol. The molecule has 4 rings (SSSR count). The number of hydrogen-bond donors (Lipinski definition) is 0. The molecule has 0 saturated heterocycles. The number of nitrogens with zero attached hydrogens (tertiary/aromatic N) is 4. The Balaban J connectivity index is 1.91. The van der Waals surface area contributed by atoms with Crippen LogP contribution in [-0.2, 0) is 0 Å². The molecule has 0 aliphatic carbocycles. The smallest absolute Gasteiger partial charge is 0.401 e. The van der Waals surface area contributed by atoms with E-state index in [9.17, 15) is 25.0 Å².